The molecule has 5 heteroatoms. The Balaban J connectivity index is 1.88. The molecule has 0 spiro atoms. The average molecular weight is 316 g/mol. The number of benzene rings is 1. The van der Waals surface area contributed by atoms with Gasteiger partial charge in [-0.15, -0.1) is 0 Å². The second-order valence-electron chi connectivity index (χ2n) is 6.35. The van der Waals surface area contributed by atoms with Crippen LogP contribution in [0.4, 0.5) is 4.39 Å². The van der Waals surface area contributed by atoms with Crippen LogP contribution >= 0.6 is 0 Å². The quantitative estimate of drug-likeness (QED) is 0.852. The number of fused-ring (bicyclic) bond motifs is 1. The molecule has 1 aliphatic heterocycles. The summed E-state index contributed by atoms with van der Waals surface area (Å²) in [6.45, 7) is 7.68. The van der Waals surface area contributed by atoms with E-state index in [1.807, 2.05) is 32.6 Å². The molecule has 1 amide bonds. The Morgan fingerprint density at radius 1 is 1.39 bits per heavy atom. The Kier molecular flexibility index (Phi) is 3.96. The molecule has 2 atom stereocenters. The van der Waals surface area contributed by atoms with Crippen LogP contribution in [-0.2, 0) is 17.6 Å². The summed E-state index contributed by atoms with van der Waals surface area (Å²) in [7, 11) is 0. The summed E-state index contributed by atoms with van der Waals surface area (Å²) in [5.74, 6) is 0.517. The molecule has 0 bridgehead atoms. The molecule has 0 saturated carbocycles. The van der Waals surface area contributed by atoms with Crippen molar-refractivity contribution in [1.29, 1.82) is 0 Å². The summed E-state index contributed by atoms with van der Waals surface area (Å²) >= 11 is 0. The Bertz CT molecular complexity index is 734. The van der Waals surface area contributed by atoms with Gasteiger partial charge in [-0.2, -0.15) is 0 Å². The van der Waals surface area contributed by atoms with E-state index in [9.17, 15) is 9.18 Å². The van der Waals surface area contributed by atoms with Gasteiger partial charge in [0.05, 0.1) is 18.2 Å². The minimum absolute atomic E-state index is 0.0345. The lowest BCUT2D eigenvalue weighted by atomic mass is 9.89. The fraction of sp³-hybridized carbons (Fsp3) is 0.444. The van der Waals surface area contributed by atoms with Gasteiger partial charge >= 0.3 is 0 Å². The normalized spacial score (nSPS) is 20.5. The number of hydrogen-bond acceptors (Lipinski definition) is 3. The maximum absolute atomic E-state index is 13.4. The van der Waals surface area contributed by atoms with Crippen LogP contribution in [-0.4, -0.2) is 22.0 Å². The number of carbonyl (C=O) groups excluding carboxylic acids is 1. The van der Waals surface area contributed by atoms with Crippen LogP contribution in [0.2, 0.25) is 0 Å². The topological polar surface area (TPSA) is 46.3 Å². The maximum atomic E-state index is 13.4. The molecule has 2 heterocycles. The van der Waals surface area contributed by atoms with Gasteiger partial charge in [-0.25, -0.2) is 4.39 Å². The van der Waals surface area contributed by atoms with Crippen LogP contribution < -0.4 is 0 Å². The molecule has 23 heavy (non-hydrogen) atoms. The zero-order chi connectivity index (χ0) is 16.7. The Morgan fingerprint density at radius 3 is 2.78 bits per heavy atom. The molecule has 2 aromatic rings. The second-order valence-corrected chi connectivity index (χ2v) is 6.35. The minimum atomic E-state index is -0.223. The molecule has 1 aliphatic rings. The van der Waals surface area contributed by atoms with Crippen molar-refractivity contribution in [3.05, 3.63) is 52.2 Å². The molecule has 1 aromatic carbocycles. The van der Waals surface area contributed by atoms with E-state index in [2.05, 4.69) is 5.16 Å². The molecule has 0 saturated heterocycles. The van der Waals surface area contributed by atoms with Gasteiger partial charge in [0.15, 0.2) is 0 Å². The third-order valence-electron chi connectivity index (χ3n) is 4.76. The van der Waals surface area contributed by atoms with E-state index >= 15 is 0 Å². The van der Waals surface area contributed by atoms with Crippen molar-refractivity contribution in [1.82, 2.24) is 10.1 Å². The summed E-state index contributed by atoms with van der Waals surface area (Å²) < 4.78 is 18.6. The highest BCUT2D eigenvalue weighted by atomic mass is 19.1. The number of hydrogen-bond donors (Lipinski definition) is 0. The predicted molar refractivity (Wildman–Crippen MR) is 84.5 cm³/mol. The van der Waals surface area contributed by atoms with Gasteiger partial charge in [-0.1, -0.05) is 11.2 Å². The standard InChI is InChI=1S/C18H21FN2O2/c1-10-7-14-8-15(19)5-6-16(14)12(3)21(10)18(22)9-17-11(2)20-23-13(17)4/h5-6,8,10,12H,7,9H2,1-4H3/t10-,12+/m1/s1. The zero-order valence-corrected chi connectivity index (χ0v) is 13.9. The Labute approximate surface area is 135 Å². The summed E-state index contributed by atoms with van der Waals surface area (Å²) in [5.41, 5.74) is 3.64. The van der Waals surface area contributed by atoms with Crippen molar-refractivity contribution in [2.75, 3.05) is 0 Å². The molecule has 3 rings (SSSR count). The first-order chi connectivity index (χ1) is 10.9. The van der Waals surface area contributed by atoms with Crippen molar-refractivity contribution in [2.45, 2.75) is 52.6 Å². The molecular formula is C18H21FN2O2. The lowest BCUT2D eigenvalue weighted by molar-refractivity contribution is -0.135. The Morgan fingerprint density at radius 2 is 2.13 bits per heavy atom. The molecule has 1 aromatic heterocycles. The fourth-order valence-corrected chi connectivity index (χ4v) is 3.57. The predicted octanol–water partition coefficient (Wildman–Crippen LogP) is 3.51. The van der Waals surface area contributed by atoms with Gasteiger partial charge in [-0.3, -0.25) is 4.79 Å². The minimum Gasteiger partial charge on any atom is -0.361 e. The molecule has 0 radical (unpaired) electrons. The van der Waals surface area contributed by atoms with Gasteiger partial charge in [0.1, 0.15) is 11.6 Å². The molecule has 0 fully saturated rings. The van der Waals surface area contributed by atoms with Crippen LogP contribution in [0.1, 0.15) is 48.0 Å². The lowest BCUT2D eigenvalue weighted by Gasteiger charge is -2.40. The summed E-state index contributed by atoms with van der Waals surface area (Å²) in [6.07, 6.45) is 0.956. The van der Waals surface area contributed by atoms with E-state index in [0.29, 0.717) is 12.2 Å². The van der Waals surface area contributed by atoms with Crippen molar-refractivity contribution >= 4 is 5.91 Å². The van der Waals surface area contributed by atoms with Gasteiger partial charge in [0.2, 0.25) is 5.91 Å². The third-order valence-corrected chi connectivity index (χ3v) is 4.76. The average Bonchev–Trinajstić information content (AvgIpc) is 2.78. The molecule has 0 N–H and O–H groups in total. The van der Waals surface area contributed by atoms with Crippen molar-refractivity contribution < 1.29 is 13.7 Å². The van der Waals surface area contributed by atoms with Crippen LogP contribution in [0, 0.1) is 19.7 Å². The fourth-order valence-electron chi connectivity index (χ4n) is 3.57. The SMILES string of the molecule is Cc1noc(C)c1CC(=O)N1[C@H](C)Cc2cc(F)ccc2[C@@H]1C. The van der Waals surface area contributed by atoms with Crippen LogP contribution in [0.5, 0.6) is 0 Å². The molecular weight excluding hydrogens is 295 g/mol. The highest BCUT2D eigenvalue weighted by Gasteiger charge is 2.33. The van der Waals surface area contributed by atoms with Gasteiger partial charge in [0, 0.05) is 11.6 Å². The van der Waals surface area contributed by atoms with Crippen molar-refractivity contribution in [3.8, 4) is 0 Å². The van der Waals surface area contributed by atoms with Gasteiger partial charge in [-0.05, 0) is 57.4 Å². The molecule has 0 unspecified atom stereocenters. The van der Waals surface area contributed by atoms with E-state index in [4.69, 9.17) is 4.52 Å². The highest BCUT2D eigenvalue weighted by molar-refractivity contribution is 5.80. The van der Waals surface area contributed by atoms with E-state index in [1.54, 1.807) is 12.1 Å². The van der Waals surface area contributed by atoms with Crippen molar-refractivity contribution in [3.63, 3.8) is 0 Å². The van der Waals surface area contributed by atoms with E-state index in [1.165, 1.54) is 6.07 Å². The number of amides is 1. The zero-order valence-electron chi connectivity index (χ0n) is 13.9. The summed E-state index contributed by atoms with van der Waals surface area (Å²) in [5, 5.41) is 3.91. The third kappa shape index (κ3) is 2.76. The summed E-state index contributed by atoms with van der Waals surface area (Å²) in [4.78, 5) is 14.7. The Hall–Kier alpha value is -2.17. The van der Waals surface area contributed by atoms with E-state index < -0.39 is 0 Å². The van der Waals surface area contributed by atoms with Crippen LogP contribution in [0.3, 0.4) is 0 Å². The first kappa shape index (κ1) is 15.7. The number of carbonyl (C=O) groups is 1. The summed E-state index contributed by atoms with van der Waals surface area (Å²) in [6, 6.07) is 4.80. The number of aromatic nitrogens is 1. The van der Waals surface area contributed by atoms with E-state index in [0.717, 1.165) is 22.4 Å². The van der Waals surface area contributed by atoms with Crippen LogP contribution in [0.25, 0.3) is 0 Å². The molecule has 0 aliphatic carbocycles. The first-order valence-corrected chi connectivity index (χ1v) is 7.89. The number of halogens is 1. The van der Waals surface area contributed by atoms with Crippen LogP contribution in [0.15, 0.2) is 22.7 Å². The largest absolute Gasteiger partial charge is 0.361 e. The monoisotopic (exact) mass is 316 g/mol. The maximum Gasteiger partial charge on any atom is 0.227 e. The molecule has 4 nitrogen and oxygen atoms in total. The lowest BCUT2D eigenvalue weighted by Crippen LogP contribution is -2.45. The molecule has 122 valence electrons. The van der Waals surface area contributed by atoms with Gasteiger partial charge < -0.3 is 9.42 Å². The highest BCUT2D eigenvalue weighted by Crippen LogP contribution is 2.34. The van der Waals surface area contributed by atoms with Gasteiger partial charge in [0.25, 0.3) is 0 Å². The van der Waals surface area contributed by atoms with E-state index in [-0.39, 0.29) is 30.2 Å². The van der Waals surface area contributed by atoms with Crippen molar-refractivity contribution in [2.24, 2.45) is 0 Å². The number of nitrogens with zero attached hydrogens (tertiary/aromatic N) is 2. The number of rotatable bonds is 2. The number of aryl methyl sites for hydroxylation is 2. The smallest absolute Gasteiger partial charge is 0.227 e. The second kappa shape index (κ2) is 5.80. The first-order valence-electron chi connectivity index (χ1n) is 7.89.